The number of nitrogens with one attached hydrogen (secondary N) is 1. The van der Waals surface area contributed by atoms with E-state index in [4.69, 9.17) is 14.2 Å². The number of hydrogen-bond acceptors (Lipinski definition) is 4. The van der Waals surface area contributed by atoms with Crippen LogP contribution in [0.1, 0.15) is 31.7 Å². The van der Waals surface area contributed by atoms with E-state index in [0.717, 1.165) is 12.2 Å². The molecule has 2 rings (SSSR count). The summed E-state index contributed by atoms with van der Waals surface area (Å²) in [4.78, 5) is 11.6. The number of benzene rings is 2. The van der Waals surface area contributed by atoms with Crippen LogP contribution in [0.25, 0.3) is 0 Å². The standard InChI is InChI=1S/C20H25NO4/c1-3-16(2)17-9-11-19(12-10-17)25-15-23-13-14-24-20(22)21-18-7-5-4-6-8-18/h4-12,16H,3,13-15H2,1-2H3,(H,21,22). The molecule has 1 amide bonds. The highest BCUT2D eigenvalue weighted by Gasteiger charge is 2.04. The molecule has 1 unspecified atom stereocenters. The zero-order valence-electron chi connectivity index (χ0n) is 14.7. The van der Waals surface area contributed by atoms with Crippen LogP contribution in [0.3, 0.4) is 0 Å². The molecule has 0 aliphatic heterocycles. The van der Waals surface area contributed by atoms with Gasteiger partial charge in [-0.3, -0.25) is 5.32 Å². The normalized spacial score (nSPS) is 11.6. The van der Waals surface area contributed by atoms with Crippen molar-refractivity contribution in [1.82, 2.24) is 0 Å². The lowest BCUT2D eigenvalue weighted by Crippen LogP contribution is -2.17. The first-order valence-electron chi connectivity index (χ1n) is 8.48. The first-order valence-corrected chi connectivity index (χ1v) is 8.48. The maximum absolute atomic E-state index is 11.6. The summed E-state index contributed by atoms with van der Waals surface area (Å²) in [5.41, 5.74) is 1.99. The largest absolute Gasteiger partial charge is 0.468 e. The first kappa shape index (κ1) is 18.8. The third-order valence-corrected chi connectivity index (χ3v) is 3.85. The van der Waals surface area contributed by atoms with Gasteiger partial charge in [-0.1, -0.05) is 44.2 Å². The molecule has 2 aromatic rings. The molecule has 5 nitrogen and oxygen atoms in total. The van der Waals surface area contributed by atoms with E-state index in [1.807, 2.05) is 30.3 Å². The Balaban J connectivity index is 1.56. The Bertz CT molecular complexity index is 628. The second kappa shape index (κ2) is 10.4. The summed E-state index contributed by atoms with van der Waals surface area (Å²) in [5.74, 6) is 1.30. The minimum absolute atomic E-state index is 0.117. The van der Waals surface area contributed by atoms with Gasteiger partial charge in [0, 0.05) is 5.69 Å². The van der Waals surface area contributed by atoms with E-state index in [2.05, 4.69) is 31.3 Å². The summed E-state index contributed by atoms with van der Waals surface area (Å²) in [6, 6.07) is 17.2. The van der Waals surface area contributed by atoms with Crippen LogP contribution in [0.15, 0.2) is 54.6 Å². The van der Waals surface area contributed by atoms with Crippen LogP contribution in [-0.2, 0) is 9.47 Å². The lowest BCUT2D eigenvalue weighted by atomic mass is 9.99. The number of carbonyl (C=O) groups is 1. The van der Waals surface area contributed by atoms with Crippen LogP contribution in [0, 0.1) is 0 Å². The fraction of sp³-hybridized carbons (Fsp3) is 0.350. The molecule has 1 atom stereocenters. The van der Waals surface area contributed by atoms with Crippen molar-refractivity contribution in [3.63, 3.8) is 0 Å². The molecule has 0 saturated heterocycles. The molecule has 0 aliphatic rings. The third-order valence-electron chi connectivity index (χ3n) is 3.85. The highest BCUT2D eigenvalue weighted by atomic mass is 16.7. The zero-order chi connectivity index (χ0) is 17.9. The second-order valence-electron chi connectivity index (χ2n) is 5.68. The molecule has 5 heteroatoms. The van der Waals surface area contributed by atoms with Crippen molar-refractivity contribution >= 4 is 11.8 Å². The monoisotopic (exact) mass is 343 g/mol. The van der Waals surface area contributed by atoms with Gasteiger partial charge in [-0.2, -0.15) is 0 Å². The summed E-state index contributed by atoms with van der Waals surface area (Å²) in [5, 5.41) is 2.63. The topological polar surface area (TPSA) is 56.8 Å². The molecule has 0 heterocycles. The summed E-state index contributed by atoms with van der Waals surface area (Å²) < 4.78 is 15.8. The Hall–Kier alpha value is -2.53. The maximum atomic E-state index is 11.6. The van der Waals surface area contributed by atoms with Crippen molar-refractivity contribution < 1.29 is 19.0 Å². The highest BCUT2D eigenvalue weighted by Crippen LogP contribution is 2.21. The first-order chi connectivity index (χ1) is 12.2. The summed E-state index contributed by atoms with van der Waals surface area (Å²) in [7, 11) is 0. The molecule has 0 bridgehead atoms. The van der Waals surface area contributed by atoms with Crippen molar-refractivity contribution in [2.75, 3.05) is 25.3 Å². The predicted octanol–water partition coefficient (Wildman–Crippen LogP) is 4.80. The van der Waals surface area contributed by atoms with E-state index in [1.165, 1.54) is 5.56 Å². The third kappa shape index (κ3) is 6.85. The Labute approximate surface area is 148 Å². The van der Waals surface area contributed by atoms with Gasteiger partial charge in [-0.15, -0.1) is 0 Å². The van der Waals surface area contributed by atoms with Crippen LogP contribution in [0.4, 0.5) is 10.5 Å². The minimum atomic E-state index is -0.503. The Morgan fingerprint density at radius 3 is 2.44 bits per heavy atom. The lowest BCUT2D eigenvalue weighted by Gasteiger charge is -2.11. The van der Waals surface area contributed by atoms with Gasteiger partial charge in [0.1, 0.15) is 12.4 Å². The maximum Gasteiger partial charge on any atom is 0.411 e. The quantitative estimate of drug-likeness (QED) is 0.525. The average Bonchev–Trinajstić information content (AvgIpc) is 2.65. The number of ether oxygens (including phenoxy) is 3. The van der Waals surface area contributed by atoms with E-state index in [0.29, 0.717) is 11.6 Å². The van der Waals surface area contributed by atoms with E-state index in [1.54, 1.807) is 12.1 Å². The van der Waals surface area contributed by atoms with Crippen LogP contribution in [0.2, 0.25) is 0 Å². The van der Waals surface area contributed by atoms with E-state index in [-0.39, 0.29) is 20.0 Å². The second-order valence-corrected chi connectivity index (χ2v) is 5.68. The van der Waals surface area contributed by atoms with Gasteiger partial charge < -0.3 is 14.2 Å². The van der Waals surface area contributed by atoms with Gasteiger partial charge in [0.2, 0.25) is 0 Å². The highest BCUT2D eigenvalue weighted by molar-refractivity contribution is 5.84. The van der Waals surface area contributed by atoms with Crippen molar-refractivity contribution in [3.05, 3.63) is 60.2 Å². The zero-order valence-corrected chi connectivity index (χ0v) is 14.7. The van der Waals surface area contributed by atoms with Crippen molar-refractivity contribution in [3.8, 4) is 5.75 Å². The van der Waals surface area contributed by atoms with Crippen LogP contribution >= 0.6 is 0 Å². The predicted molar refractivity (Wildman–Crippen MR) is 98.0 cm³/mol. The molecule has 1 N–H and O–H groups in total. The van der Waals surface area contributed by atoms with E-state index in [9.17, 15) is 4.79 Å². The summed E-state index contributed by atoms with van der Waals surface area (Å²) in [6.07, 6.45) is 0.609. The van der Waals surface area contributed by atoms with Gasteiger partial charge in [-0.25, -0.2) is 4.79 Å². The molecule has 0 spiro atoms. The average molecular weight is 343 g/mol. The molecule has 0 saturated carbocycles. The molecule has 25 heavy (non-hydrogen) atoms. The lowest BCUT2D eigenvalue weighted by molar-refractivity contribution is -0.00332. The fourth-order valence-electron chi connectivity index (χ4n) is 2.17. The molecule has 0 fully saturated rings. The van der Waals surface area contributed by atoms with Crippen LogP contribution in [-0.4, -0.2) is 26.1 Å². The summed E-state index contributed by atoms with van der Waals surface area (Å²) in [6.45, 7) is 4.92. The molecule has 0 radical (unpaired) electrons. The number of carbonyl (C=O) groups excluding carboxylic acids is 1. The van der Waals surface area contributed by atoms with Crippen molar-refractivity contribution in [2.45, 2.75) is 26.2 Å². The van der Waals surface area contributed by atoms with Gasteiger partial charge >= 0.3 is 6.09 Å². The Morgan fingerprint density at radius 2 is 1.76 bits per heavy atom. The molecule has 134 valence electrons. The Morgan fingerprint density at radius 1 is 1.04 bits per heavy atom. The fourth-order valence-corrected chi connectivity index (χ4v) is 2.17. The number of rotatable bonds is 9. The van der Waals surface area contributed by atoms with E-state index >= 15 is 0 Å². The smallest absolute Gasteiger partial charge is 0.411 e. The molecular weight excluding hydrogens is 318 g/mol. The molecule has 0 aliphatic carbocycles. The number of para-hydroxylation sites is 1. The van der Waals surface area contributed by atoms with Crippen LogP contribution < -0.4 is 10.1 Å². The van der Waals surface area contributed by atoms with Gasteiger partial charge in [0.15, 0.2) is 6.79 Å². The van der Waals surface area contributed by atoms with Gasteiger partial charge in [-0.05, 0) is 42.2 Å². The van der Waals surface area contributed by atoms with Crippen molar-refractivity contribution in [2.24, 2.45) is 0 Å². The number of amides is 1. The number of anilines is 1. The van der Waals surface area contributed by atoms with Gasteiger partial charge in [0.25, 0.3) is 0 Å². The van der Waals surface area contributed by atoms with Crippen LogP contribution in [0.5, 0.6) is 5.75 Å². The SMILES string of the molecule is CCC(C)c1ccc(OCOCCOC(=O)Nc2ccccc2)cc1. The van der Waals surface area contributed by atoms with Gasteiger partial charge in [0.05, 0.1) is 6.61 Å². The molecule has 0 aromatic heterocycles. The van der Waals surface area contributed by atoms with E-state index < -0.39 is 6.09 Å². The number of hydrogen-bond donors (Lipinski definition) is 1. The molecule has 2 aromatic carbocycles. The Kier molecular flexibility index (Phi) is 7.79. The minimum Gasteiger partial charge on any atom is -0.468 e. The molecular formula is C20H25NO4. The summed E-state index contributed by atoms with van der Waals surface area (Å²) >= 11 is 0. The van der Waals surface area contributed by atoms with Crippen molar-refractivity contribution in [1.29, 1.82) is 0 Å².